The standard InChI is InChI=1S/C20H26F2N2O2/c21-20(22)8-17(9-20)11-23-6-7-26-15-19(13-23)10-18(25)24(14-19)12-16-4-2-1-3-5-16/h1-5,17H,6-15H2. The molecule has 1 amide bonds. The van der Waals surface area contributed by atoms with Gasteiger partial charge in [0.05, 0.1) is 13.2 Å². The summed E-state index contributed by atoms with van der Waals surface area (Å²) in [6, 6.07) is 10.0. The number of rotatable bonds is 4. The van der Waals surface area contributed by atoms with Crippen LogP contribution in [-0.2, 0) is 16.1 Å². The van der Waals surface area contributed by atoms with E-state index in [1.165, 1.54) is 0 Å². The molecule has 0 N–H and O–H groups in total. The first-order chi connectivity index (χ1) is 12.4. The van der Waals surface area contributed by atoms with E-state index in [0.29, 0.717) is 39.3 Å². The Kier molecular flexibility index (Phi) is 4.73. The highest BCUT2D eigenvalue weighted by atomic mass is 19.3. The van der Waals surface area contributed by atoms with Gasteiger partial charge in [0.2, 0.25) is 11.8 Å². The summed E-state index contributed by atoms with van der Waals surface area (Å²) in [5.74, 6) is -2.24. The molecule has 4 nitrogen and oxygen atoms in total. The second kappa shape index (κ2) is 6.89. The zero-order valence-corrected chi connectivity index (χ0v) is 15.0. The molecule has 2 saturated heterocycles. The third-order valence-corrected chi connectivity index (χ3v) is 5.83. The lowest BCUT2D eigenvalue weighted by atomic mass is 9.80. The molecule has 1 aromatic carbocycles. The Morgan fingerprint density at radius 2 is 1.92 bits per heavy atom. The number of alkyl halides is 2. The number of carbonyl (C=O) groups is 1. The third kappa shape index (κ3) is 3.91. The molecule has 0 aromatic heterocycles. The minimum atomic E-state index is -2.47. The van der Waals surface area contributed by atoms with Crippen molar-refractivity contribution in [3.8, 4) is 0 Å². The molecule has 1 aliphatic carbocycles. The van der Waals surface area contributed by atoms with Gasteiger partial charge in [-0.2, -0.15) is 0 Å². The van der Waals surface area contributed by atoms with Crippen molar-refractivity contribution in [2.45, 2.75) is 31.7 Å². The molecule has 26 heavy (non-hydrogen) atoms. The molecule has 4 rings (SSSR count). The van der Waals surface area contributed by atoms with Crippen molar-refractivity contribution in [2.24, 2.45) is 11.3 Å². The van der Waals surface area contributed by atoms with Crippen LogP contribution >= 0.6 is 0 Å². The molecule has 1 saturated carbocycles. The van der Waals surface area contributed by atoms with Crippen LogP contribution in [-0.4, -0.2) is 61.0 Å². The minimum absolute atomic E-state index is 0.00355. The fourth-order valence-corrected chi connectivity index (χ4v) is 4.65. The van der Waals surface area contributed by atoms with E-state index in [0.717, 1.165) is 18.7 Å². The average molecular weight is 364 g/mol. The van der Waals surface area contributed by atoms with Crippen LogP contribution in [0.2, 0.25) is 0 Å². The van der Waals surface area contributed by atoms with Crippen molar-refractivity contribution in [3.63, 3.8) is 0 Å². The Bertz CT molecular complexity index is 646. The normalized spacial score (nSPS) is 29.8. The van der Waals surface area contributed by atoms with Crippen molar-refractivity contribution in [1.29, 1.82) is 0 Å². The highest BCUT2D eigenvalue weighted by Crippen LogP contribution is 2.43. The molecule has 2 heterocycles. The van der Waals surface area contributed by atoms with Crippen LogP contribution in [0.4, 0.5) is 8.78 Å². The van der Waals surface area contributed by atoms with Gasteiger partial charge >= 0.3 is 0 Å². The van der Waals surface area contributed by atoms with Gasteiger partial charge < -0.3 is 14.5 Å². The maximum absolute atomic E-state index is 13.1. The fourth-order valence-electron chi connectivity index (χ4n) is 4.65. The number of benzene rings is 1. The van der Waals surface area contributed by atoms with E-state index in [1.54, 1.807) is 0 Å². The van der Waals surface area contributed by atoms with Crippen molar-refractivity contribution in [2.75, 3.05) is 39.4 Å². The van der Waals surface area contributed by atoms with Crippen LogP contribution in [0.3, 0.4) is 0 Å². The fraction of sp³-hybridized carbons (Fsp3) is 0.650. The maximum atomic E-state index is 13.1. The predicted molar refractivity (Wildman–Crippen MR) is 93.8 cm³/mol. The number of likely N-dealkylation sites (tertiary alicyclic amines) is 1. The van der Waals surface area contributed by atoms with Gasteiger partial charge in [-0.1, -0.05) is 30.3 Å². The summed E-state index contributed by atoms with van der Waals surface area (Å²) in [5.41, 5.74) is 0.912. The molecule has 6 heteroatoms. The first-order valence-electron chi connectivity index (χ1n) is 9.43. The number of carbonyl (C=O) groups excluding carboxylic acids is 1. The summed E-state index contributed by atoms with van der Waals surface area (Å²) < 4.78 is 32.1. The molecule has 0 bridgehead atoms. The summed E-state index contributed by atoms with van der Waals surface area (Å²) in [5, 5.41) is 0. The Morgan fingerprint density at radius 1 is 1.15 bits per heavy atom. The zero-order chi connectivity index (χ0) is 18.2. The van der Waals surface area contributed by atoms with Crippen LogP contribution < -0.4 is 0 Å². The van der Waals surface area contributed by atoms with Gasteiger partial charge in [-0.25, -0.2) is 8.78 Å². The van der Waals surface area contributed by atoms with Crippen molar-refractivity contribution >= 4 is 5.91 Å². The van der Waals surface area contributed by atoms with E-state index >= 15 is 0 Å². The predicted octanol–water partition coefficient (Wildman–Crippen LogP) is 2.78. The number of nitrogens with zero attached hydrogens (tertiary/aromatic N) is 2. The highest BCUT2D eigenvalue weighted by Gasteiger charge is 2.48. The largest absolute Gasteiger partial charge is 0.379 e. The quantitative estimate of drug-likeness (QED) is 0.824. The average Bonchev–Trinajstić information content (AvgIpc) is 2.74. The minimum Gasteiger partial charge on any atom is -0.379 e. The molecule has 3 fully saturated rings. The maximum Gasteiger partial charge on any atom is 0.248 e. The number of halogens is 2. The van der Waals surface area contributed by atoms with Crippen LogP contribution in [0.15, 0.2) is 30.3 Å². The van der Waals surface area contributed by atoms with E-state index in [1.807, 2.05) is 35.2 Å². The van der Waals surface area contributed by atoms with Gasteiger partial charge in [0, 0.05) is 57.4 Å². The van der Waals surface area contributed by atoms with E-state index in [9.17, 15) is 13.6 Å². The second-order valence-corrected chi connectivity index (χ2v) is 8.33. The SMILES string of the molecule is O=C1CC2(COCCN(CC3CC(F)(F)C3)C2)CN1Cc1ccccc1. The molecule has 1 spiro atoms. The van der Waals surface area contributed by atoms with Gasteiger partial charge in [0.25, 0.3) is 0 Å². The lowest BCUT2D eigenvalue weighted by Gasteiger charge is -2.39. The molecule has 142 valence electrons. The van der Waals surface area contributed by atoms with E-state index in [2.05, 4.69) is 4.90 Å². The van der Waals surface area contributed by atoms with Gasteiger partial charge in [-0.3, -0.25) is 4.79 Å². The second-order valence-electron chi connectivity index (χ2n) is 8.33. The van der Waals surface area contributed by atoms with Crippen LogP contribution in [0, 0.1) is 11.3 Å². The first-order valence-corrected chi connectivity index (χ1v) is 9.43. The lowest BCUT2D eigenvalue weighted by Crippen LogP contribution is -2.46. The number of ether oxygens (including phenoxy) is 1. The molecule has 0 radical (unpaired) electrons. The number of amides is 1. The Morgan fingerprint density at radius 3 is 2.65 bits per heavy atom. The van der Waals surface area contributed by atoms with Crippen molar-refractivity contribution < 1.29 is 18.3 Å². The van der Waals surface area contributed by atoms with Crippen molar-refractivity contribution in [3.05, 3.63) is 35.9 Å². The molecule has 1 unspecified atom stereocenters. The molecule has 1 aromatic rings. The van der Waals surface area contributed by atoms with Crippen LogP contribution in [0.25, 0.3) is 0 Å². The summed E-state index contributed by atoms with van der Waals surface area (Å²) in [7, 11) is 0. The van der Waals surface area contributed by atoms with Crippen molar-refractivity contribution in [1.82, 2.24) is 9.80 Å². The molecular formula is C20H26F2N2O2. The van der Waals surface area contributed by atoms with Gasteiger partial charge in [-0.05, 0) is 11.5 Å². The van der Waals surface area contributed by atoms with Crippen LogP contribution in [0.1, 0.15) is 24.8 Å². The highest BCUT2D eigenvalue weighted by molar-refractivity contribution is 5.79. The summed E-state index contributed by atoms with van der Waals surface area (Å²) in [6.45, 7) is 4.68. The summed E-state index contributed by atoms with van der Waals surface area (Å²) >= 11 is 0. The topological polar surface area (TPSA) is 32.8 Å². The Hall–Kier alpha value is -1.53. The smallest absolute Gasteiger partial charge is 0.248 e. The Balaban J connectivity index is 1.39. The number of hydrogen-bond donors (Lipinski definition) is 0. The summed E-state index contributed by atoms with van der Waals surface area (Å²) in [6.07, 6.45) is 0.476. The molecule has 3 aliphatic rings. The molecule has 1 atom stereocenters. The monoisotopic (exact) mass is 364 g/mol. The van der Waals surface area contributed by atoms with Crippen LogP contribution in [0.5, 0.6) is 0 Å². The van der Waals surface area contributed by atoms with E-state index in [-0.39, 0.29) is 30.1 Å². The lowest BCUT2D eigenvalue weighted by molar-refractivity contribution is -0.128. The zero-order valence-electron chi connectivity index (χ0n) is 15.0. The first kappa shape index (κ1) is 17.9. The summed E-state index contributed by atoms with van der Waals surface area (Å²) in [4.78, 5) is 16.8. The van der Waals surface area contributed by atoms with E-state index in [4.69, 9.17) is 4.74 Å². The number of hydrogen-bond acceptors (Lipinski definition) is 3. The molecule has 2 aliphatic heterocycles. The third-order valence-electron chi connectivity index (χ3n) is 5.83. The van der Waals surface area contributed by atoms with Gasteiger partial charge in [0.1, 0.15) is 0 Å². The van der Waals surface area contributed by atoms with E-state index < -0.39 is 5.92 Å². The molecular weight excluding hydrogens is 338 g/mol. The Labute approximate surface area is 153 Å². The van der Waals surface area contributed by atoms with Gasteiger partial charge in [0.15, 0.2) is 0 Å². The van der Waals surface area contributed by atoms with Gasteiger partial charge in [-0.15, -0.1) is 0 Å².